The van der Waals surface area contributed by atoms with Gasteiger partial charge in [0.2, 0.25) is 5.28 Å². The number of nitrogens with two attached hydrogens (primary N) is 1. The number of halogens is 2. The molecule has 4 N–H and O–H groups in total. The van der Waals surface area contributed by atoms with Crippen LogP contribution in [0.1, 0.15) is 6.23 Å². The van der Waals surface area contributed by atoms with E-state index in [4.69, 9.17) is 32.3 Å². The van der Waals surface area contributed by atoms with E-state index in [0.29, 0.717) is 0 Å². The minimum Gasteiger partial charge on any atom is -0.394 e. The fraction of sp³-hybridized carbons (Fsp3) is 0.500. The minimum absolute atomic E-state index is 0.0547. The van der Waals surface area contributed by atoms with Crippen LogP contribution in [0.25, 0.3) is 11.2 Å². The molecule has 8 nitrogen and oxygen atoms in total. The lowest BCUT2D eigenvalue weighted by atomic mass is 10.3. The first-order valence-corrected chi connectivity index (χ1v) is 6.09. The van der Waals surface area contributed by atoms with E-state index >= 15 is 0 Å². The average molecular weight is 306 g/mol. The van der Waals surface area contributed by atoms with Gasteiger partial charge in [-0.3, -0.25) is 4.57 Å². The zero-order valence-electron chi connectivity index (χ0n) is 10.3. The Labute approximate surface area is 118 Å². The smallest absolute Gasteiger partial charge is 0.226 e. The Morgan fingerprint density at radius 3 is 2.85 bits per heavy atom. The minimum atomic E-state index is -1.73. The molecule has 0 fully saturated rings. The van der Waals surface area contributed by atoms with E-state index in [1.807, 2.05) is 0 Å². The fourth-order valence-electron chi connectivity index (χ4n) is 1.72. The van der Waals surface area contributed by atoms with E-state index in [-0.39, 0.29) is 35.5 Å². The highest BCUT2D eigenvalue weighted by atomic mass is 35.5. The van der Waals surface area contributed by atoms with E-state index < -0.39 is 19.0 Å². The van der Waals surface area contributed by atoms with Crippen LogP contribution in [0.4, 0.5) is 10.2 Å². The zero-order chi connectivity index (χ0) is 14.7. The van der Waals surface area contributed by atoms with Crippen LogP contribution >= 0.6 is 11.6 Å². The monoisotopic (exact) mass is 305 g/mol. The summed E-state index contributed by atoms with van der Waals surface area (Å²) in [5, 5.41) is 17.6. The van der Waals surface area contributed by atoms with E-state index in [1.54, 1.807) is 0 Å². The highest BCUT2D eigenvalue weighted by Crippen LogP contribution is 2.25. The van der Waals surface area contributed by atoms with Gasteiger partial charge in [-0.25, -0.2) is 9.37 Å². The number of fused-ring (bicyclic) bond motifs is 1. The maximum Gasteiger partial charge on any atom is 0.226 e. The van der Waals surface area contributed by atoms with Crippen LogP contribution in [0, 0.1) is 0 Å². The zero-order valence-corrected chi connectivity index (χ0v) is 11.0. The Kier molecular flexibility index (Phi) is 4.65. The lowest BCUT2D eigenvalue weighted by Gasteiger charge is -2.21. The highest BCUT2D eigenvalue weighted by molar-refractivity contribution is 6.28. The SMILES string of the molecule is Nc1nc(Cl)nc2c1ncn2C(OCCO)C(F)CO. The number of ether oxygens (including phenoxy) is 1. The van der Waals surface area contributed by atoms with E-state index in [2.05, 4.69) is 15.0 Å². The lowest BCUT2D eigenvalue weighted by Crippen LogP contribution is -2.27. The largest absolute Gasteiger partial charge is 0.394 e. The maximum atomic E-state index is 13.8. The number of nitrogen functional groups attached to an aromatic ring is 1. The molecule has 0 radical (unpaired) electrons. The number of aliphatic hydroxyl groups excluding tert-OH is 2. The van der Waals surface area contributed by atoms with Gasteiger partial charge in [0.15, 0.2) is 23.9 Å². The van der Waals surface area contributed by atoms with Crippen molar-refractivity contribution in [3.05, 3.63) is 11.6 Å². The molecule has 0 spiro atoms. The number of imidazole rings is 1. The number of aromatic nitrogens is 4. The topological polar surface area (TPSA) is 119 Å². The van der Waals surface area contributed by atoms with Crippen LogP contribution in [-0.4, -0.2) is 55.7 Å². The number of hydrogen-bond donors (Lipinski definition) is 3. The summed E-state index contributed by atoms with van der Waals surface area (Å²) in [7, 11) is 0. The fourth-order valence-corrected chi connectivity index (χ4v) is 1.89. The molecular formula is C10H13ClFN5O3. The first-order valence-electron chi connectivity index (χ1n) is 5.71. The number of anilines is 1. The predicted octanol–water partition coefficient (Wildman–Crippen LogP) is -0.100. The van der Waals surface area contributed by atoms with Crippen molar-refractivity contribution in [3.63, 3.8) is 0 Å². The van der Waals surface area contributed by atoms with Crippen molar-refractivity contribution in [1.82, 2.24) is 19.5 Å². The molecule has 2 rings (SSSR count). The quantitative estimate of drug-likeness (QED) is 0.637. The molecule has 0 saturated heterocycles. The molecule has 2 aromatic rings. The molecule has 0 aliphatic carbocycles. The van der Waals surface area contributed by atoms with Gasteiger partial charge in [-0.2, -0.15) is 9.97 Å². The standard InChI is InChI=1S/C10H13ClFN5O3/c11-10-15-7(13)6-8(16-10)17(4-14-6)9(5(12)3-19)20-2-1-18/h4-5,9,18-19H,1-3H2,(H2,13,15,16). The summed E-state index contributed by atoms with van der Waals surface area (Å²) >= 11 is 5.71. The van der Waals surface area contributed by atoms with Gasteiger partial charge in [-0.05, 0) is 11.6 Å². The third kappa shape index (κ3) is 2.80. The van der Waals surface area contributed by atoms with E-state index in [9.17, 15) is 4.39 Å². The number of alkyl halides is 1. The molecule has 20 heavy (non-hydrogen) atoms. The lowest BCUT2D eigenvalue weighted by molar-refractivity contribution is -0.0731. The predicted molar refractivity (Wildman–Crippen MR) is 68.8 cm³/mol. The second-order valence-corrected chi connectivity index (χ2v) is 4.22. The molecule has 0 saturated carbocycles. The maximum absolute atomic E-state index is 13.8. The van der Waals surface area contributed by atoms with Gasteiger partial charge < -0.3 is 20.7 Å². The van der Waals surface area contributed by atoms with E-state index in [0.717, 1.165) is 0 Å². The van der Waals surface area contributed by atoms with Gasteiger partial charge >= 0.3 is 0 Å². The first kappa shape index (κ1) is 14.9. The average Bonchev–Trinajstić information content (AvgIpc) is 2.83. The number of hydrogen-bond acceptors (Lipinski definition) is 7. The molecule has 0 aliphatic rings. The van der Waals surface area contributed by atoms with Crippen LogP contribution in [0.5, 0.6) is 0 Å². The number of aliphatic hydroxyl groups is 2. The van der Waals surface area contributed by atoms with Gasteiger partial charge in [0, 0.05) is 0 Å². The van der Waals surface area contributed by atoms with Crippen molar-refractivity contribution >= 4 is 28.6 Å². The molecule has 2 unspecified atom stereocenters. The number of rotatable bonds is 6. The van der Waals surface area contributed by atoms with Gasteiger partial charge in [0.1, 0.15) is 5.52 Å². The van der Waals surface area contributed by atoms with Gasteiger partial charge in [0.25, 0.3) is 0 Å². The van der Waals surface area contributed by atoms with Crippen LogP contribution in [0.3, 0.4) is 0 Å². The first-order chi connectivity index (χ1) is 9.58. The number of nitrogens with zero attached hydrogens (tertiary/aromatic N) is 4. The molecule has 0 aliphatic heterocycles. The van der Waals surface area contributed by atoms with Crippen molar-refractivity contribution in [2.24, 2.45) is 0 Å². The normalized spacial score (nSPS) is 14.6. The molecule has 0 aromatic carbocycles. The summed E-state index contributed by atoms with van der Waals surface area (Å²) < 4.78 is 20.2. The van der Waals surface area contributed by atoms with Crippen molar-refractivity contribution in [3.8, 4) is 0 Å². The summed E-state index contributed by atoms with van der Waals surface area (Å²) in [4.78, 5) is 11.6. The summed E-state index contributed by atoms with van der Waals surface area (Å²) in [5.41, 5.74) is 6.07. The van der Waals surface area contributed by atoms with Crippen LogP contribution in [-0.2, 0) is 4.74 Å². The molecule has 2 atom stereocenters. The molecule has 0 bridgehead atoms. The van der Waals surface area contributed by atoms with E-state index in [1.165, 1.54) is 10.9 Å². The molecular weight excluding hydrogens is 293 g/mol. The van der Waals surface area contributed by atoms with Crippen molar-refractivity contribution < 1.29 is 19.3 Å². The highest BCUT2D eigenvalue weighted by Gasteiger charge is 2.26. The van der Waals surface area contributed by atoms with Gasteiger partial charge in [0.05, 0.1) is 26.1 Å². The Balaban J connectivity index is 2.47. The second kappa shape index (κ2) is 6.27. The summed E-state index contributed by atoms with van der Waals surface area (Å²) in [5.74, 6) is 0.0547. The van der Waals surface area contributed by atoms with Crippen molar-refractivity contribution in [2.75, 3.05) is 25.6 Å². The third-order valence-electron chi connectivity index (χ3n) is 2.56. The summed E-state index contributed by atoms with van der Waals surface area (Å²) in [6, 6.07) is 0. The van der Waals surface area contributed by atoms with Crippen LogP contribution in [0.15, 0.2) is 6.33 Å². The Morgan fingerprint density at radius 2 is 2.20 bits per heavy atom. The molecule has 10 heteroatoms. The summed E-state index contributed by atoms with van der Waals surface area (Å²) in [6.45, 7) is -1.16. The molecule has 2 heterocycles. The van der Waals surface area contributed by atoms with Crippen molar-refractivity contribution in [1.29, 1.82) is 0 Å². The van der Waals surface area contributed by atoms with Crippen LogP contribution in [0.2, 0.25) is 5.28 Å². The molecule has 0 amide bonds. The Hall–Kier alpha value is -1.55. The molecule has 110 valence electrons. The van der Waals surface area contributed by atoms with Crippen LogP contribution < -0.4 is 5.73 Å². The van der Waals surface area contributed by atoms with Crippen molar-refractivity contribution in [2.45, 2.75) is 12.4 Å². The summed E-state index contributed by atoms with van der Waals surface area (Å²) in [6.07, 6.45) is -1.67. The third-order valence-corrected chi connectivity index (χ3v) is 2.73. The second-order valence-electron chi connectivity index (χ2n) is 3.89. The Morgan fingerprint density at radius 1 is 1.45 bits per heavy atom. The molecule has 2 aromatic heterocycles. The Bertz CT molecular complexity index is 596. The van der Waals surface area contributed by atoms with Gasteiger partial charge in [-0.15, -0.1) is 0 Å². The van der Waals surface area contributed by atoms with Gasteiger partial charge in [-0.1, -0.05) is 0 Å².